The van der Waals surface area contributed by atoms with E-state index in [1.54, 1.807) is 23.1 Å². The second kappa shape index (κ2) is 10.8. The van der Waals surface area contributed by atoms with E-state index in [1.165, 1.54) is 12.1 Å². The molecule has 28 heavy (non-hydrogen) atoms. The maximum Gasteiger partial charge on any atom is 0.410 e. The molecular weight excluding hydrogens is 429 g/mol. The Morgan fingerprint density at radius 1 is 1.25 bits per heavy atom. The normalized spacial score (nSPS) is 17.2. The number of carboxylic acid groups (broad SMARTS) is 1. The molecule has 0 aliphatic carbocycles. The van der Waals surface area contributed by atoms with Crippen molar-refractivity contribution in [2.24, 2.45) is 0 Å². The number of hydrogen-bond acceptors (Lipinski definition) is 3. The number of carbonyl (C=O) groups is 2. The zero-order valence-corrected chi connectivity index (χ0v) is 17.1. The van der Waals surface area contributed by atoms with Crippen LogP contribution in [0, 0.1) is 5.82 Å². The average molecular weight is 452 g/mol. The minimum absolute atomic E-state index is 0.0280. The highest BCUT2D eigenvalue weighted by atomic mass is 79.9. The number of carbonyl (C=O) groups excluding carboxylic acids is 1. The number of benzene rings is 2. The van der Waals surface area contributed by atoms with Crippen LogP contribution < -0.4 is 0 Å². The molecule has 1 N–H and O–H groups in total. The van der Waals surface area contributed by atoms with Gasteiger partial charge in [0, 0.05) is 23.9 Å². The van der Waals surface area contributed by atoms with Crippen molar-refractivity contribution in [3.05, 3.63) is 70.5 Å². The van der Waals surface area contributed by atoms with Crippen molar-refractivity contribution in [2.75, 3.05) is 6.54 Å². The highest BCUT2D eigenvalue weighted by molar-refractivity contribution is 9.10. The number of nitrogens with zero attached hydrogens (tertiary/aromatic N) is 1. The van der Waals surface area contributed by atoms with Gasteiger partial charge in [-0.15, -0.1) is 0 Å². The minimum Gasteiger partial charge on any atom is -0.481 e. The summed E-state index contributed by atoms with van der Waals surface area (Å²) in [6, 6.07) is 15.7. The Kier molecular flexibility index (Phi) is 8.44. The van der Waals surface area contributed by atoms with E-state index in [0.717, 1.165) is 10.0 Å². The average Bonchev–Trinajstić information content (AvgIpc) is 2.68. The molecule has 150 valence electrons. The van der Waals surface area contributed by atoms with E-state index in [4.69, 9.17) is 9.84 Å². The number of ether oxygens (including phenoxy) is 1. The maximum atomic E-state index is 12.1. The van der Waals surface area contributed by atoms with Crippen LogP contribution in [0.2, 0.25) is 0 Å². The fourth-order valence-corrected chi connectivity index (χ4v) is 3.08. The maximum absolute atomic E-state index is 12.1. The first-order valence-electron chi connectivity index (χ1n) is 9.02. The largest absolute Gasteiger partial charge is 0.481 e. The van der Waals surface area contributed by atoms with Crippen molar-refractivity contribution in [1.82, 2.24) is 4.90 Å². The molecule has 0 aromatic heterocycles. The molecule has 7 heteroatoms. The molecule has 3 rings (SSSR count). The molecule has 1 aliphatic rings. The molecule has 0 bridgehead atoms. The van der Waals surface area contributed by atoms with Crippen molar-refractivity contribution in [1.29, 1.82) is 0 Å². The predicted molar refractivity (Wildman–Crippen MR) is 107 cm³/mol. The number of hydrogen-bond donors (Lipinski definition) is 1. The summed E-state index contributed by atoms with van der Waals surface area (Å²) < 4.78 is 18.2. The Morgan fingerprint density at radius 3 is 2.39 bits per heavy atom. The summed E-state index contributed by atoms with van der Waals surface area (Å²) in [4.78, 5) is 24.3. The molecule has 0 radical (unpaired) electrons. The summed E-state index contributed by atoms with van der Waals surface area (Å²) in [7, 11) is 0. The fraction of sp³-hybridized carbons (Fsp3) is 0.333. The van der Waals surface area contributed by atoms with Crippen molar-refractivity contribution in [2.45, 2.75) is 38.3 Å². The van der Waals surface area contributed by atoms with Gasteiger partial charge in [-0.3, -0.25) is 4.79 Å². The topological polar surface area (TPSA) is 66.8 Å². The van der Waals surface area contributed by atoms with Gasteiger partial charge in [0.25, 0.3) is 0 Å². The number of carboxylic acids is 1. The van der Waals surface area contributed by atoms with E-state index in [9.17, 15) is 14.0 Å². The van der Waals surface area contributed by atoms with Crippen LogP contribution >= 0.6 is 15.9 Å². The van der Waals surface area contributed by atoms with Crippen LogP contribution in [0.15, 0.2) is 59.1 Å². The van der Waals surface area contributed by atoms with E-state index >= 15 is 0 Å². The first-order valence-corrected chi connectivity index (χ1v) is 9.81. The van der Waals surface area contributed by atoms with E-state index < -0.39 is 5.97 Å². The lowest BCUT2D eigenvalue weighted by Crippen LogP contribution is -2.43. The Bertz CT molecular complexity index is 770. The lowest BCUT2D eigenvalue weighted by Gasteiger charge is -2.35. The van der Waals surface area contributed by atoms with Crippen LogP contribution in [0.25, 0.3) is 0 Å². The van der Waals surface area contributed by atoms with Crippen LogP contribution in [-0.4, -0.2) is 34.7 Å². The molecule has 1 heterocycles. The monoisotopic (exact) mass is 451 g/mol. The SMILES string of the molecule is CC(c1ccc(Br)cc1)N1CCC(CCC(=O)O)OC1=O.Fc1ccccc1. The lowest BCUT2D eigenvalue weighted by atomic mass is 10.0. The van der Waals surface area contributed by atoms with Gasteiger partial charge in [0.05, 0.1) is 6.04 Å². The van der Waals surface area contributed by atoms with Gasteiger partial charge in [0.1, 0.15) is 11.9 Å². The van der Waals surface area contributed by atoms with E-state index in [1.807, 2.05) is 31.2 Å². The summed E-state index contributed by atoms with van der Waals surface area (Å²) in [5.74, 6) is -1.04. The molecule has 0 spiro atoms. The third-order valence-corrected chi connectivity index (χ3v) is 4.96. The number of amides is 1. The summed E-state index contributed by atoms with van der Waals surface area (Å²) in [5.41, 5.74) is 1.04. The molecule has 2 unspecified atom stereocenters. The quantitative estimate of drug-likeness (QED) is 0.659. The molecular formula is C21H23BrFNO4. The van der Waals surface area contributed by atoms with Crippen molar-refractivity contribution >= 4 is 28.0 Å². The van der Waals surface area contributed by atoms with Gasteiger partial charge in [0.15, 0.2) is 0 Å². The Balaban J connectivity index is 0.000000336. The Hall–Kier alpha value is -2.41. The highest BCUT2D eigenvalue weighted by Crippen LogP contribution is 2.27. The smallest absolute Gasteiger partial charge is 0.410 e. The summed E-state index contributed by atoms with van der Waals surface area (Å²) >= 11 is 3.39. The van der Waals surface area contributed by atoms with Gasteiger partial charge in [-0.1, -0.05) is 46.3 Å². The summed E-state index contributed by atoms with van der Waals surface area (Å²) in [5, 5.41) is 8.67. The number of rotatable bonds is 5. The molecule has 2 atom stereocenters. The Morgan fingerprint density at radius 2 is 1.89 bits per heavy atom. The van der Waals surface area contributed by atoms with Crippen molar-refractivity contribution in [3.63, 3.8) is 0 Å². The van der Waals surface area contributed by atoms with Crippen LogP contribution in [0.4, 0.5) is 9.18 Å². The second-order valence-electron chi connectivity index (χ2n) is 6.44. The number of cyclic esters (lactones) is 1. The zero-order valence-electron chi connectivity index (χ0n) is 15.6. The van der Waals surface area contributed by atoms with Crippen molar-refractivity contribution in [3.8, 4) is 0 Å². The van der Waals surface area contributed by atoms with Gasteiger partial charge >= 0.3 is 12.1 Å². The molecule has 1 saturated heterocycles. The van der Waals surface area contributed by atoms with Gasteiger partial charge in [-0.2, -0.15) is 0 Å². The van der Waals surface area contributed by atoms with Crippen molar-refractivity contribution < 1.29 is 23.8 Å². The number of aliphatic carboxylic acids is 1. The van der Waals surface area contributed by atoms with Crippen LogP contribution in [0.3, 0.4) is 0 Å². The first-order chi connectivity index (χ1) is 13.4. The third kappa shape index (κ3) is 6.96. The highest BCUT2D eigenvalue weighted by Gasteiger charge is 2.31. The van der Waals surface area contributed by atoms with Crippen LogP contribution in [0.5, 0.6) is 0 Å². The van der Waals surface area contributed by atoms with Gasteiger partial charge in [-0.25, -0.2) is 9.18 Å². The van der Waals surface area contributed by atoms with E-state index in [0.29, 0.717) is 19.4 Å². The lowest BCUT2D eigenvalue weighted by molar-refractivity contribution is -0.137. The number of halogens is 2. The van der Waals surface area contributed by atoms with Crippen LogP contribution in [-0.2, 0) is 9.53 Å². The third-order valence-electron chi connectivity index (χ3n) is 4.43. The zero-order chi connectivity index (χ0) is 20.5. The molecule has 1 amide bonds. The molecule has 5 nitrogen and oxygen atoms in total. The second-order valence-corrected chi connectivity index (χ2v) is 7.36. The van der Waals surface area contributed by atoms with E-state index in [2.05, 4.69) is 15.9 Å². The molecule has 2 aromatic carbocycles. The van der Waals surface area contributed by atoms with E-state index in [-0.39, 0.29) is 30.5 Å². The Labute approximate surface area is 172 Å². The van der Waals surface area contributed by atoms with Gasteiger partial charge < -0.3 is 14.7 Å². The molecule has 1 aliphatic heterocycles. The predicted octanol–water partition coefficient (Wildman–Crippen LogP) is 5.41. The molecule has 2 aromatic rings. The first kappa shape index (κ1) is 21.9. The standard InChI is InChI=1S/C15H18BrNO4.C6H5F/c1-10(11-2-4-12(16)5-3-11)17-9-8-13(21-15(17)20)6-7-14(18)19;7-6-4-2-1-3-5-6/h2-5,10,13H,6-9H2,1H3,(H,18,19);1-5H. The minimum atomic E-state index is -0.864. The van der Waals surface area contributed by atoms with Crippen LogP contribution in [0.1, 0.15) is 37.8 Å². The summed E-state index contributed by atoms with van der Waals surface area (Å²) in [6.45, 7) is 2.54. The fourth-order valence-electron chi connectivity index (χ4n) is 2.82. The van der Waals surface area contributed by atoms with Gasteiger partial charge in [0.2, 0.25) is 0 Å². The van der Waals surface area contributed by atoms with Gasteiger partial charge in [-0.05, 0) is 43.2 Å². The molecule has 1 fully saturated rings. The molecule has 0 saturated carbocycles. The summed E-state index contributed by atoms with van der Waals surface area (Å²) in [6.07, 6.45) is 0.413.